The number of nitrogens with one attached hydrogen (secondary N) is 2. The molecule has 0 saturated carbocycles. The molecule has 148 valence electrons. The molecule has 2 heterocycles. The Morgan fingerprint density at radius 3 is 2.82 bits per heavy atom. The fraction of sp³-hybridized carbons (Fsp3) is 0.409. The highest BCUT2D eigenvalue weighted by Gasteiger charge is 2.23. The number of carbonyl (C=O) groups is 1. The number of hydrogen-bond donors (Lipinski definition) is 2. The van der Waals surface area contributed by atoms with E-state index in [9.17, 15) is 4.79 Å². The molecule has 2 atom stereocenters. The molecule has 6 heteroatoms. The van der Waals surface area contributed by atoms with Crippen LogP contribution in [0.4, 0.5) is 0 Å². The summed E-state index contributed by atoms with van der Waals surface area (Å²) in [4.78, 5) is 11.2. The van der Waals surface area contributed by atoms with Gasteiger partial charge in [0.1, 0.15) is 25.1 Å². The largest absolute Gasteiger partial charge is 0.489 e. The first-order chi connectivity index (χ1) is 13.8. The molecule has 2 N–H and O–H groups in total. The van der Waals surface area contributed by atoms with Crippen molar-refractivity contribution < 1.29 is 19.0 Å². The van der Waals surface area contributed by atoms with Gasteiger partial charge in [0.2, 0.25) is 5.91 Å². The lowest BCUT2D eigenvalue weighted by atomic mass is 9.99. The summed E-state index contributed by atoms with van der Waals surface area (Å²) in [6, 6.07) is 15.8. The predicted molar refractivity (Wildman–Crippen MR) is 106 cm³/mol. The van der Waals surface area contributed by atoms with E-state index in [1.807, 2.05) is 48.5 Å². The molecule has 2 aliphatic rings. The van der Waals surface area contributed by atoms with Crippen molar-refractivity contribution in [1.82, 2.24) is 10.6 Å². The number of amides is 1. The summed E-state index contributed by atoms with van der Waals surface area (Å²) in [5.74, 6) is 2.86. The molecule has 4 rings (SSSR count). The third kappa shape index (κ3) is 4.95. The summed E-state index contributed by atoms with van der Waals surface area (Å²) in [5.41, 5.74) is 1.12. The number of rotatable bonds is 7. The monoisotopic (exact) mass is 382 g/mol. The summed E-state index contributed by atoms with van der Waals surface area (Å²) in [5, 5.41) is 6.36. The van der Waals surface area contributed by atoms with Gasteiger partial charge in [0.15, 0.2) is 11.5 Å². The second-order valence-electron chi connectivity index (χ2n) is 7.30. The molecule has 1 fully saturated rings. The second kappa shape index (κ2) is 8.97. The van der Waals surface area contributed by atoms with Gasteiger partial charge in [-0.25, -0.2) is 0 Å². The molecule has 0 bridgehead atoms. The van der Waals surface area contributed by atoms with Crippen molar-refractivity contribution in [3.05, 3.63) is 54.1 Å². The number of carbonyl (C=O) groups excluding carboxylic acids is 1. The van der Waals surface area contributed by atoms with Crippen LogP contribution in [0.25, 0.3) is 0 Å². The van der Waals surface area contributed by atoms with Gasteiger partial charge in [0.25, 0.3) is 0 Å². The summed E-state index contributed by atoms with van der Waals surface area (Å²) >= 11 is 0. The molecule has 1 saturated heterocycles. The topological polar surface area (TPSA) is 68.8 Å². The number of fused-ring (bicyclic) bond motifs is 1. The average molecular weight is 382 g/mol. The third-order valence-electron chi connectivity index (χ3n) is 5.05. The van der Waals surface area contributed by atoms with E-state index in [2.05, 4.69) is 10.6 Å². The molecule has 0 aliphatic carbocycles. The minimum Gasteiger partial charge on any atom is -0.489 e. The second-order valence-corrected chi connectivity index (χ2v) is 7.30. The summed E-state index contributed by atoms with van der Waals surface area (Å²) in [7, 11) is 0. The van der Waals surface area contributed by atoms with Crippen LogP contribution in [0, 0.1) is 5.92 Å². The fourth-order valence-corrected chi connectivity index (χ4v) is 3.43. The first kappa shape index (κ1) is 18.6. The minimum absolute atomic E-state index is 0.0462. The van der Waals surface area contributed by atoms with Crippen LogP contribution in [0.5, 0.6) is 17.2 Å². The summed E-state index contributed by atoms with van der Waals surface area (Å²) in [6.45, 7) is 3.36. The Morgan fingerprint density at radius 1 is 1.11 bits per heavy atom. The van der Waals surface area contributed by atoms with Crippen molar-refractivity contribution in [2.75, 3.05) is 26.2 Å². The maximum absolute atomic E-state index is 11.2. The SMILES string of the molecule is O=C1CCC(CNC[C@@H]2COc3ccc(OCc4ccccc4)cc3O2)CN1. The van der Waals surface area contributed by atoms with Crippen molar-refractivity contribution in [3.8, 4) is 17.2 Å². The van der Waals surface area contributed by atoms with Gasteiger partial charge in [-0.1, -0.05) is 30.3 Å². The Balaban J connectivity index is 1.26. The van der Waals surface area contributed by atoms with Crippen molar-refractivity contribution >= 4 is 5.91 Å². The number of ether oxygens (including phenoxy) is 3. The van der Waals surface area contributed by atoms with E-state index < -0.39 is 0 Å². The van der Waals surface area contributed by atoms with E-state index in [-0.39, 0.29) is 12.0 Å². The maximum Gasteiger partial charge on any atom is 0.220 e. The van der Waals surface area contributed by atoms with E-state index >= 15 is 0 Å². The zero-order valence-electron chi connectivity index (χ0n) is 15.9. The summed E-state index contributed by atoms with van der Waals surface area (Å²) < 4.78 is 17.8. The van der Waals surface area contributed by atoms with E-state index in [1.54, 1.807) is 0 Å². The number of piperidine rings is 1. The van der Waals surface area contributed by atoms with E-state index in [1.165, 1.54) is 0 Å². The Bertz CT molecular complexity index is 786. The van der Waals surface area contributed by atoms with Crippen LogP contribution in [0.3, 0.4) is 0 Å². The lowest BCUT2D eigenvalue weighted by Crippen LogP contribution is -2.43. The summed E-state index contributed by atoms with van der Waals surface area (Å²) in [6.07, 6.45) is 1.51. The highest BCUT2D eigenvalue weighted by atomic mass is 16.6. The Hall–Kier alpha value is -2.73. The van der Waals surface area contributed by atoms with E-state index in [0.717, 1.165) is 36.6 Å². The molecular weight excluding hydrogens is 356 g/mol. The van der Waals surface area contributed by atoms with Crippen LogP contribution in [-0.4, -0.2) is 38.3 Å². The quantitative estimate of drug-likeness (QED) is 0.770. The molecule has 6 nitrogen and oxygen atoms in total. The van der Waals surface area contributed by atoms with Gasteiger partial charge < -0.3 is 24.8 Å². The highest BCUT2D eigenvalue weighted by molar-refractivity contribution is 5.76. The molecule has 0 radical (unpaired) electrons. The maximum atomic E-state index is 11.2. The molecule has 0 aromatic heterocycles. The number of benzene rings is 2. The van der Waals surface area contributed by atoms with Crippen molar-refractivity contribution in [3.63, 3.8) is 0 Å². The third-order valence-corrected chi connectivity index (χ3v) is 5.05. The molecule has 2 aromatic carbocycles. The fourth-order valence-electron chi connectivity index (χ4n) is 3.43. The normalized spacial score (nSPS) is 21.1. The average Bonchev–Trinajstić information content (AvgIpc) is 2.74. The highest BCUT2D eigenvalue weighted by Crippen LogP contribution is 2.35. The van der Waals surface area contributed by atoms with Gasteiger partial charge >= 0.3 is 0 Å². The van der Waals surface area contributed by atoms with Crippen LogP contribution in [-0.2, 0) is 11.4 Å². The van der Waals surface area contributed by atoms with Gasteiger partial charge in [-0.2, -0.15) is 0 Å². The van der Waals surface area contributed by atoms with E-state index in [0.29, 0.717) is 37.8 Å². The lowest BCUT2D eigenvalue weighted by molar-refractivity contribution is -0.122. The Kier molecular flexibility index (Phi) is 5.97. The molecule has 2 aliphatic heterocycles. The lowest BCUT2D eigenvalue weighted by Gasteiger charge is -2.28. The Labute approximate surface area is 165 Å². The van der Waals surface area contributed by atoms with Crippen LogP contribution in [0.2, 0.25) is 0 Å². The molecular formula is C22H26N2O4. The van der Waals surface area contributed by atoms with Gasteiger partial charge in [-0.15, -0.1) is 0 Å². The molecule has 1 amide bonds. The van der Waals surface area contributed by atoms with Crippen LogP contribution in [0.15, 0.2) is 48.5 Å². The van der Waals surface area contributed by atoms with Gasteiger partial charge in [-0.05, 0) is 36.6 Å². The first-order valence-electron chi connectivity index (χ1n) is 9.84. The minimum atomic E-state index is -0.0462. The van der Waals surface area contributed by atoms with Crippen LogP contribution >= 0.6 is 0 Å². The molecule has 0 spiro atoms. The molecule has 1 unspecified atom stereocenters. The van der Waals surface area contributed by atoms with Crippen molar-refractivity contribution in [2.24, 2.45) is 5.92 Å². The molecule has 2 aromatic rings. The smallest absolute Gasteiger partial charge is 0.220 e. The van der Waals surface area contributed by atoms with Gasteiger partial charge in [0.05, 0.1) is 0 Å². The van der Waals surface area contributed by atoms with Crippen LogP contribution in [0.1, 0.15) is 18.4 Å². The van der Waals surface area contributed by atoms with Crippen molar-refractivity contribution in [1.29, 1.82) is 0 Å². The zero-order valence-corrected chi connectivity index (χ0v) is 15.9. The standard InChI is InChI=1S/C22H26N2O4/c25-22-9-6-17(12-24-22)11-23-13-19-15-27-20-8-7-18(10-21(20)28-19)26-14-16-4-2-1-3-5-16/h1-5,7-8,10,17,19,23H,6,9,11-15H2,(H,24,25)/t17?,19-/m1/s1. The predicted octanol–water partition coefficient (Wildman–Crippen LogP) is 2.52. The first-order valence-corrected chi connectivity index (χ1v) is 9.84. The van der Waals surface area contributed by atoms with Crippen LogP contribution < -0.4 is 24.8 Å². The van der Waals surface area contributed by atoms with Gasteiger partial charge in [0, 0.05) is 25.6 Å². The Morgan fingerprint density at radius 2 is 2.00 bits per heavy atom. The van der Waals surface area contributed by atoms with Crippen molar-refractivity contribution in [2.45, 2.75) is 25.6 Å². The zero-order chi connectivity index (χ0) is 19.2. The number of hydrogen-bond acceptors (Lipinski definition) is 5. The molecule has 28 heavy (non-hydrogen) atoms. The van der Waals surface area contributed by atoms with E-state index in [4.69, 9.17) is 14.2 Å². The van der Waals surface area contributed by atoms with Gasteiger partial charge in [-0.3, -0.25) is 4.79 Å².